The molecule has 22 heavy (non-hydrogen) atoms. The van der Waals surface area contributed by atoms with Crippen molar-refractivity contribution >= 4 is 11.9 Å². The number of hydrogen-bond donors (Lipinski definition) is 1. The molecule has 1 aromatic rings. The van der Waals surface area contributed by atoms with E-state index in [-0.39, 0.29) is 25.7 Å². The molecule has 1 unspecified atom stereocenters. The number of nitrogens with zero attached hydrogens (tertiary/aromatic N) is 3. The van der Waals surface area contributed by atoms with Gasteiger partial charge in [-0.15, -0.1) is 6.42 Å². The van der Waals surface area contributed by atoms with Crippen molar-refractivity contribution in [2.45, 2.75) is 18.9 Å². The van der Waals surface area contributed by atoms with Crippen LogP contribution in [0.4, 0.5) is 5.95 Å². The first-order valence-corrected chi connectivity index (χ1v) is 6.95. The minimum Gasteiger partial charge on any atom is -0.469 e. The van der Waals surface area contributed by atoms with Crippen molar-refractivity contribution in [3.63, 3.8) is 0 Å². The van der Waals surface area contributed by atoms with Crippen LogP contribution in [0.15, 0.2) is 18.5 Å². The van der Waals surface area contributed by atoms with Gasteiger partial charge in [0.2, 0.25) is 5.95 Å². The molecule has 0 aromatic carbocycles. The van der Waals surface area contributed by atoms with E-state index in [9.17, 15) is 9.90 Å². The highest BCUT2D eigenvalue weighted by Gasteiger charge is 2.15. The SMILES string of the molecule is C#CCOCC(O)CN(CCCC(=O)OC)c1ncccn1. The van der Waals surface area contributed by atoms with Crippen LogP contribution >= 0.6 is 0 Å². The number of carbonyl (C=O) groups is 1. The first-order valence-electron chi connectivity index (χ1n) is 6.95. The minimum atomic E-state index is -0.727. The Balaban J connectivity index is 2.55. The fourth-order valence-corrected chi connectivity index (χ4v) is 1.80. The zero-order valence-electron chi connectivity index (χ0n) is 12.6. The molecular formula is C15H21N3O4. The van der Waals surface area contributed by atoms with E-state index in [0.717, 1.165) is 0 Å². The maximum atomic E-state index is 11.2. The highest BCUT2D eigenvalue weighted by Crippen LogP contribution is 2.08. The molecule has 0 saturated heterocycles. The standard InChI is InChI=1S/C15H21N3O4/c1-3-10-22-12-13(19)11-18(9-4-6-14(20)21-2)15-16-7-5-8-17-15/h1,5,7-8,13,19H,4,6,9-12H2,2H3. The van der Waals surface area contributed by atoms with Gasteiger partial charge in [0.05, 0.1) is 19.8 Å². The van der Waals surface area contributed by atoms with Gasteiger partial charge < -0.3 is 19.5 Å². The monoisotopic (exact) mass is 307 g/mol. The van der Waals surface area contributed by atoms with Gasteiger partial charge in [0.25, 0.3) is 0 Å². The number of aliphatic hydroxyl groups is 1. The van der Waals surface area contributed by atoms with Gasteiger partial charge in [-0.05, 0) is 12.5 Å². The van der Waals surface area contributed by atoms with E-state index < -0.39 is 6.10 Å². The van der Waals surface area contributed by atoms with Gasteiger partial charge in [0.15, 0.2) is 0 Å². The molecule has 1 rings (SSSR count). The first-order chi connectivity index (χ1) is 10.7. The van der Waals surface area contributed by atoms with E-state index in [2.05, 4.69) is 20.6 Å². The number of aliphatic hydroxyl groups excluding tert-OH is 1. The lowest BCUT2D eigenvalue weighted by atomic mass is 10.2. The van der Waals surface area contributed by atoms with Crippen LogP contribution in [-0.2, 0) is 14.3 Å². The highest BCUT2D eigenvalue weighted by molar-refractivity contribution is 5.69. The maximum Gasteiger partial charge on any atom is 0.305 e. The number of rotatable bonds is 10. The average Bonchev–Trinajstić information content (AvgIpc) is 2.54. The normalized spacial score (nSPS) is 11.5. The summed E-state index contributed by atoms with van der Waals surface area (Å²) in [5, 5.41) is 9.98. The number of aromatic nitrogens is 2. The van der Waals surface area contributed by atoms with Gasteiger partial charge in [-0.1, -0.05) is 5.92 Å². The van der Waals surface area contributed by atoms with Gasteiger partial charge in [0.1, 0.15) is 6.61 Å². The fraction of sp³-hybridized carbons (Fsp3) is 0.533. The second-order valence-corrected chi connectivity index (χ2v) is 4.55. The molecule has 1 N–H and O–H groups in total. The summed E-state index contributed by atoms with van der Waals surface area (Å²) in [7, 11) is 1.35. The molecule has 0 aliphatic heterocycles. The van der Waals surface area contributed by atoms with Gasteiger partial charge in [-0.25, -0.2) is 9.97 Å². The van der Waals surface area contributed by atoms with Crippen LogP contribution in [0.1, 0.15) is 12.8 Å². The highest BCUT2D eigenvalue weighted by atomic mass is 16.5. The number of anilines is 1. The van der Waals surface area contributed by atoms with Crippen LogP contribution in [-0.4, -0.2) is 60.6 Å². The predicted octanol–water partition coefficient (Wildman–Crippen LogP) is 0.247. The summed E-state index contributed by atoms with van der Waals surface area (Å²) in [5.74, 6) is 2.56. The molecule has 120 valence electrons. The molecule has 0 spiro atoms. The molecule has 0 radical (unpaired) electrons. The Bertz CT molecular complexity index is 475. The molecule has 7 heteroatoms. The van der Waals surface area contributed by atoms with E-state index in [1.54, 1.807) is 23.4 Å². The number of hydrogen-bond acceptors (Lipinski definition) is 7. The molecule has 0 amide bonds. The summed E-state index contributed by atoms with van der Waals surface area (Å²) in [6, 6.07) is 1.71. The van der Waals surface area contributed by atoms with Crippen LogP contribution in [0.2, 0.25) is 0 Å². The molecule has 0 fully saturated rings. The van der Waals surface area contributed by atoms with E-state index >= 15 is 0 Å². The quantitative estimate of drug-likeness (QED) is 0.377. The molecular weight excluding hydrogens is 286 g/mol. The van der Waals surface area contributed by atoms with Crippen LogP contribution in [0.3, 0.4) is 0 Å². The Hall–Kier alpha value is -2.17. The summed E-state index contributed by atoms with van der Waals surface area (Å²) in [6.45, 7) is 1.09. The van der Waals surface area contributed by atoms with Gasteiger partial charge >= 0.3 is 5.97 Å². The van der Waals surface area contributed by atoms with Crippen molar-refractivity contribution in [2.75, 3.05) is 38.3 Å². The number of methoxy groups -OCH3 is 1. The van der Waals surface area contributed by atoms with Crippen molar-refractivity contribution < 1.29 is 19.4 Å². The third-order valence-electron chi connectivity index (χ3n) is 2.80. The van der Waals surface area contributed by atoms with Gasteiger partial charge in [0, 0.05) is 31.9 Å². The summed E-state index contributed by atoms with van der Waals surface area (Å²) >= 11 is 0. The molecule has 7 nitrogen and oxygen atoms in total. The number of esters is 1. The van der Waals surface area contributed by atoms with Crippen molar-refractivity contribution in [1.29, 1.82) is 0 Å². The molecule has 1 aromatic heterocycles. The Labute approximate surface area is 130 Å². The lowest BCUT2D eigenvalue weighted by molar-refractivity contribution is -0.140. The van der Waals surface area contributed by atoms with Crippen LogP contribution < -0.4 is 4.90 Å². The zero-order valence-corrected chi connectivity index (χ0v) is 12.6. The van der Waals surface area contributed by atoms with Gasteiger partial charge in [-0.3, -0.25) is 4.79 Å². The van der Waals surface area contributed by atoms with E-state index in [1.165, 1.54) is 7.11 Å². The molecule has 0 saturated carbocycles. The fourth-order valence-electron chi connectivity index (χ4n) is 1.80. The van der Waals surface area contributed by atoms with Crippen molar-refractivity contribution in [2.24, 2.45) is 0 Å². The minimum absolute atomic E-state index is 0.129. The number of terminal acetylenes is 1. The second kappa shape index (κ2) is 10.5. The third-order valence-corrected chi connectivity index (χ3v) is 2.80. The molecule has 0 aliphatic carbocycles. The Morgan fingerprint density at radius 3 is 2.86 bits per heavy atom. The summed E-state index contributed by atoms with van der Waals surface area (Å²) in [6.07, 6.45) is 8.47. The number of ether oxygens (including phenoxy) is 2. The van der Waals surface area contributed by atoms with Crippen molar-refractivity contribution in [1.82, 2.24) is 9.97 Å². The van der Waals surface area contributed by atoms with Crippen LogP contribution in [0, 0.1) is 12.3 Å². The lowest BCUT2D eigenvalue weighted by Gasteiger charge is -2.24. The summed E-state index contributed by atoms with van der Waals surface area (Å²) in [5.41, 5.74) is 0. The Morgan fingerprint density at radius 1 is 1.50 bits per heavy atom. The van der Waals surface area contributed by atoms with E-state index in [0.29, 0.717) is 25.3 Å². The molecule has 0 aliphatic rings. The summed E-state index contributed by atoms with van der Waals surface area (Å²) < 4.78 is 9.72. The second-order valence-electron chi connectivity index (χ2n) is 4.55. The van der Waals surface area contributed by atoms with Crippen LogP contribution in [0.25, 0.3) is 0 Å². The Kier molecular flexibility index (Phi) is 8.57. The summed E-state index contributed by atoms with van der Waals surface area (Å²) in [4.78, 5) is 21.3. The molecule has 1 heterocycles. The average molecular weight is 307 g/mol. The molecule has 1 atom stereocenters. The largest absolute Gasteiger partial charge is 0.469 e. The van der Waals surface area contributed by atoms with Crippen molar-refractivity contribution in [3.05, 3.63) is 18.5 Å². The van der Waals surface area contributed by atoms with Crippen LogP contribution in [0.5, 0.6) is 0 Å². The zero-order chi connectivity index (χ0) is 16.2. The number of carbonyl (C=O) groups excluding carboxylic acids is 1. The predicted molar refractivity (Wildman–Crippen MR) is 81.2 cm³/mol. The maximum absolute atomic E-state index is 11.2. The lowest BCUT2D eigenvalue weighted by Crippen LogP contribution is -2.37. The smallest absolute Gasteiger partial charge is 0.305 e. The van der Waals surface area contributed by atoms with Crippen molar-refractivity contribution in [3.8, 4) is 12.3 Å². The van der Waals surface area contributed by atoms with E-state index in [1.807, 2.05) is 0 Å². The third kappa shape index (κ3) is 7.02. The van der Waals surface area contributed by atoms with Gasteiger partial charge in [-0.2, -0.15) is 0 Å². The topological polar surface area (TPSA) is 84.8 Å². The first kappa shape index (κ1) is 17.9. The van der Waals surface area contributed by atoms with E-state index in [4.69, 9.17) is 11.2 Å². The molecule has 0 bridgehead atoms. The Morgan fingerprint density at radius 2 is 2.23 bits per heavy atom.